The Morgan fingerprint density at radius 1 is 1.03 bits per heavy atom. The summed E-state index contributed by atoms with van der Waals surface area (Å²) in [6.07, 6.45) is 5.60. The minimum atomic E-state index is 0.103. The van der Waals surface area contributed by atoms with Crippen LogP contribution in [0.1, 0.15) is 52.4 Å². The van der Waals surface area contributed by atoms with Crippen LogP contribution in [-0.2, 0) is 6.54 Å². The van der Waals surface area contributed by atoms with Crippen molar-refractivity contribution in [3.8, 4) is 11.5 Å². The van der Waals surface area contributed by atoms with Crippen LogP contribution in [0.5, 0.6) is 11.5 Å². The molecule has 0 amide bonds. The van der Waals surface area contributed by atoms with E-state index < -0.39 is 0 Å². The molecule has 3 aromatic carbocycles. The van der Waals surface area contributed by atoms with Gasteiger partial charge in [-0.05, 0) is 66.3 Å². The molecule has 3 aliphatic rings. The minimum Gasteiger partial charge on any atom is -0.454 e. The lowest BCUT2D eigenvalue weighted by Gasteiger charge is -2.46. The third kappa shape index (κ3) is 3.46. The van der Waals surface area contributed by atoms with Crippen molar-refractivity contribution in [1.29, 1.82) is 0 Å². The number of hydrogen-bond donors (Lipinski definition) is 0. The molecule has 166 valence electrons. The van der Waals surface area contributed by atoms with Crippen LogP contribution in [0.25, 0.3) is 0 Å². The summed E-state index contributed by atoms with van der Waals surface area (Å²) in [5.74, 6) is 2.32. The van der Waals surface area contributed by atoms with Gasteiger partial charge in [0.1, 0.15) is 0 Å². The number of carbonyl (C=O) groups is 1. The summed E-state index contributed by atoms with van der Waals surface area (Å²) >= 11 is 3.84. The molecule has 0 N–H and O–H groups in total. The second kappa shape index (κ2) is 8.07. The Labute approximate surface area is 202 Å². The van der Waals surface area contributed by atoms with Crippen molar-refractivity contribution < 1.29 is 14.3 Å². The largest absolute Gasteiger partial charge is 0.454 e. The van der Waals surface area contributed by atoms with Crippen LogP contribution < -0.4 is 14.4 Å². The van der Waals surface area contributed by atoms with Gasteiger partial charge in [0.15, 0.2) is 17.3 Å². The topological polar surface area (TPSA) is 38.8 Å². The van der Waals surface area contributed by atoms with E-state index in [1.807, 2.05) is 12.1 Å². The highest BCUT2D eigenvalue weighted by molar-refractivity contribution is 9.10. The number of fused-ring (bicyclic) bond motifs is 4. The molecule has 0 aromatic heterocycles. The van der Waals surface area contributed by atoms with Crippen LogP contribution in [0.2, 0.25) is 0 Å². The molecule has 4 nitrogen and oxygen atoms in total. The number of rotatable bonds is 4. The van der Waals surface area contributed by atoms with Gasteiger partial charge < -0.3 is 14.4 Å². The molecule has 2 aliphatic heterocycles. The van der Waals surface area contributed by atoms with Gasteiger partial charge >= 0.3 is 0 Å². The van der Waals surface area contributed by atoms with Crippen molar-refractivity contribution in [2.24, 2.45) is 5.92 Å². The third-order valence-corrected chi connectivity index (χ3v) is 7.75. The number of Topliss-reactive ketones (excluding diaryl/α,β-unsaturated/α-hetero) is 1. The van der Waals surface area contributed by atoms with E-state index in [1.54, 1.807) is 6.92 Å². The highest BCUT2D eigenvalue weighted by atomic mass is 79.9. The molecule has 3 atom stereocenters. The zero-order chi connectivity index (χ0) is 22.5. The Hall–Kier alpha value is -3.05. The maximum absolute atomic E-state index is 12.2. The molecule has 5 heteroatoms. The number of hydrogen-bond acceptors (Lipinski definition) is 4. The Balaban J connectivity index is 1.53. The van der Waals surface area contributed by atoms with E-state index in [1.165, 1.54) is 22.4 Å². The number of anilines is 1. The third-order valence-electron chi connectivity index (χ3n) is 7.06. The monoisotopic (exact) mass is 501 g/mol. The molecule has 0 saturated carbocycles. The van der Waals surface area contributed by atoms with Gasteiger partial charge in [0.2, 0.25) is 6.79 Å². The summed E-state index contributed by atoms with van der Waals surface area (Å²) in [6, 6.07) is 21.1. The van der Waals surface area contributed by atoms with Crippen LogP contribution in [0, 0.1) is 5.92 Å². The Bertz CT molecular complexity index is 1270. The molecule has 0 bridgehead atoms. The van der Waals surface area contributed by atoms with Gasteiger partial charge in [0, 0.05) is 28.2 Å². The SMILES string of the molecule is CC(=O)c1ccc2c(c1)[C@@H]1C=CC[C@@H]1[C@H](c1cc3c(cc1Br)OCO3)N2Cc1ccccc1. The zero-order valence-corrected chi connectivity index (χ0v) is 19.9. The van der Waals surface area contributed by atoms with Gasteiger partial charge in [0.05, 0.1) is 6.04 Å². The molecule has 0 fully saturated rings. The lowest BCUT2D eigenvalue weighted by atomic mass is 9.75. The fourth-order valence-electron chi connectivity index (χ4n) is 5.54. The predicted molar refractivity (Wildman–Crippen MR) is 132 cm³/mol. The second-order valence-electron chi connectivity index (χ2n) is 8.97. The number of ether oxygens (including phenoxy) is 2. The number of benzene rings is 3. The van der Waals surface area contributed by atoms with Crippen molar-refractivity contribution in [1.82, 2.24) is 0 Å². The number of carbonyl (C=O) groups excluding carboxylic acids is 1. The number of ketones is 1. The molecule has 0 unspecified atom stereocenters. The van der Waals surface area contributed by atoms with E-state index in [-0.39, 0.29) is 24.5 Å². The molecular formula is C28H24BrNO3. The van der Waals surface area contributed by atoms with Crippen molar-refractivity contribution in [2.75, 3.05) is 11.7 Å². The lowest BCUT2D eigenvalue weighted by Crippen LogP contribution is -2.39. The maximum Gasteiger partial charge on any atom is 0.231 e. The standard InChI is InChI=1S/C28H24BrNO3/c1-17(31)19-10-11-25-22(12-19)20-8-5-9-21(20)28(30(25)15-18-6-3-2-4-7-18)23-13-26-27(14-24(23)29)33-16-32-26/h2-8,10-14,20-21,28H,9,15-16H2,1H3/t20-,21+,28-/m1/s1. The molecule has 0 saturated heterocycles. The Kier molecular flexibility index (Phi) is 5.02. The van der Waals surface area contributed by atoms with Crippen LogP contribution >= 0.6 is 15.9 Å². The van der Waals surface area contributed by atoms with Gasteiger partial charge in [-0.2, -0.15) is 0 Å². The molecule has 0 spiro atoms. The summed E-state index contributed by atoms with van der Waals surface area (Å²) in [5.41, 5.74) is 5.66. The van der Waals surface area contributed by atoms with Crippen LogP contribution in [-0.4, -0.2) is 12.6 Å². The Morgan fingerprint density at radius 2 is 1.82 bits per heavy atom. The minimum absolute atomic E-state index is 0.103. The van der Waals surface area contributed by atoms with E-state index in [2.05, 4.69) is 81.5 Å². The molecule has 1 aliphatic carbocycles. The quantitative estimate of drug-likeness (QED) is 0.291. The molecule has 6 rings (SSSR count). The fourth-order valence-corrected chi connectivity index (χ4v) is 6.09. The van der Waals surface area contributed by atoms with Crippen LogP contribution in [0.3, 0.4) is 0 Å². The molecule has 3 aromatic rings. The summed E-state index contributed by atoms with van der Waals surface area (Å²) in [5, 5.41) is 0. The normalized spacial score (nSPS) is 22.2. The summed E-state index contributed by atoms with van der Waals surface area (Å²) in [6.45, 7) is 2.68. The smallest absolute Gasteiger partial charge is 0.231 e. The summed E-state index contributed by atoms with van der Waals surface area (Å²) in [7, 11) is 0. The summed E-state index contributed by atoms with van der Waals surface area (Å²) in [4.78, 5) is 14.7. The molecule has 33 heavy (non-hydrogen) atoms. The van der Waals surface area contributed by atoms with Crippen molar-refractivity contribution in [2.45, 2.75) is 31.8 Å². The van der Waals surface area contributed by atoms with Crippen molar-refractivity contribution in [3.63, 3.8) is 0 Å². The first kappa shape index (κ1) is 20.5. The molecular weight excluding hydrogens is 478 g/mol. The highest BCUT2D eigenvalue weighted by Gasteiger charge is 2.43. The predicted octanol–water partition coefficient (Wildman–Crippen LogP) is 6.80. The molecule has 2 heterocycles. The average molecular weight is 502 g/mol. The highest BCUT2D eigenvalue weighted by Crippen LogP contribution is 2.55. The van der Waals surface area contributed by atoms with E-state index in [0.717, 1.165) is 34.5 Å². The number of halogens is 1. The second-order valence-corrected chi connectivity index (χ2v) is 9.82. The number of nitrogens with zero attached hydrogens (tertiary/aromatic N) is 1. The van der Waals surface area contributed by atoms with Crippen LogP contribution in [0.15, 0.2) is 77.3 Å². The van der Waals surface area contributed by atoms with Gasteiger partial charge in [-0.3, -0.25) is 4.79 Å². The van der Waals surface area contributed by atoms with Gasteiger partial charge in [0.25, 0.3) is 0 Å². The average Bonchev–Trinajstić information content (AvgIpc) is 3.49. The Morgan fingerprint density at radius 3 is 2.61 bits per heavy atom. The molecule has 0 radical (unpaired) electrons. The maximum atomic E-state index is 12.2. The number of allylic oxidation sites excluding steroid dienone is 2. The van der Waals surface area contributed by atoms with E-state index >= 15 is 0 Å². The zero-order valence-electron chi connectivity index (χ0n) is 18.3. The van der Waals surface area contributed by atoms with Crippen LogP contribution in [0.4, 0.5) is 5.69 Å². The van der Waals surface area contributed by atoms with E-state index in [9.17, 15) is 4.79 Å². The van der Waals surface area contributed by atoms with Gasteiger partial charge in [-0.15, -0.1) is 0 Å². The van der Waals surface area contributed by atoms with Crippen molar-refractivity contribution >= 4 is 27.4 Å². The fraction of sp³-hybridized carbons (Fsp3) is 0.250. The first-order chi connectivity index (χ1) is 16.1. The van der Waals surface area contributed by atoms with Gasteiger partial charge in [-0.25, -0.2) is 0 Å². The van der Waals surface area contributed by atoms with Crippen molar-refractivity contribution in [3.05, 3.63) is 99.5 Å². The first-order valence-corrected chi connectivity index (χ1v) is 12.1. The lowest BCUT2D eigenvalue weighted by molar-refractivity contribution is 0.101. The van der Waals surface area contributed by atoms with E-state index in [4.69, 9.17) is 9.47 Å². The van der Waals surface area contributed by atoms with E-state index in [0.29, 0.717) is 5.92 Å². The van der Waals surface area contributed by atoms with Gasteiger partial charge in [-0.1, -0.05) is 58.4 Å². The first-order valence-electron chi connectivity index (χ1n) is 11.3. The summed E-state index contributed by atoms with van der Waals surface area (Å²) < 4.78 is 12.4.